The van der Waals surface area contributed by atoms with Gasteiger partial charge in [-0.1, -0.05) is 44.0 Å². The van der Waals surface area contributed by atoms with Crippen LogP contribution in [0.1, 0.15) is 50.2 Å². The normalized spacial score (nSPS) is 15.8. The van der Waals surface area contributed by atoms with E-state index in [4.69, 9.17) is 0 Å². The number of nitrogens with one attached hydrogen (secondary N) is 1. The van der Waals surface area contributed by atoms with Gasteiger partial charge in [0.25, 0.3) is 0 Å². The molecule has 20 heavy (non-hydrogen) atoms. The third-order valence-electron chi connectivity index (χ3n) is 4.26. The Balaban J connectivity index is 1.64. The molecule has 2 heteroatoms. The summed E-state index contributed by atoms with van der Waals surface area (Å²) in [4.78, 5) is 2.65. The summed E-state index contributed by atoms with van der Waals surface area (Å²) in [6.07, 6.45) is 8.01. The van der Waals surface area contributed by atoms with Crippen LogP contribution < -0.4 is 5.32 Å². The maximum absolute atomic E-state index is 3.40. The Morgan fingerprint density at radius 1 is 1.05 bits per heavy atom. The Hall–Kier alpha value is -0.860. The van der Waals surface area contributed by atoms with E-state index in [-0.39, 0.29) is 0 Å². The molecule has 2 nitrogen and oxygen atoms in total. The monoisotopic (exact) mass is 274 g/mol. The number of rotatable bonds is 8. The summed E-state index contributed by atoms with van der Waals surface area (Å²) in [6.45, 7) is 8.17. The number of fused-ring (bicyclic) bond motifs is 1. The van der Waals surface area contributed by atoms with E-state index >= 15 is 0 Å². The van der Waals surface area contributed by atoms with Crippen LogP contribution in [0.15, 0.2) is 24.3 Å². The minimum atomic E-state index is 1.10. The van der Waals surface area contributed by atoms with E-state index in [1.807, 2.05) is 0 Å². The molecule has 1 aliphatic rings. The lowest BCUT2D eigenvalue weighted by Crippen LogP contribution is -2.24. The minimum Gasteiger partial charge on any atom is -0.317 e. The van der Waals surface area contributed by atoms with Crippen molar-refractivity contribution in [3.05, 3.63) is 35.4 Å². The lowest BCUT2D eigenvalue weighted by Gasteiger charge is -2.20. The molecule has 2 rings (SSSR count). The Morgan fingerprint density at radius 2 is 1.85 bits per heavy atom. The van der Waals surface area contributed by atoms with Crippen molar-refractivity contribution in [1.29, 1.82) is 0 Å². The third kappa shape index (κ3) is 5.26. The Kier molecular flexibility index (Phi) is 7.10. The molecule has 112 valence electrons. The first kappa shape index (κ1) is 15.5. The molecule has 0 aliphatic carbocycles. The van der Waals surface area contributed by atoms with Gasteiger partial charge in [-0.15, -0.1) is 0 Å². The molecule has 1 aliphatic heterocycles. The van der Waals surface area contributed by atoms with Crippen molar-refractivity contribution in [2.45, 2.75) is 52.0 Å². The van der Waals surface area contributed by atoms with Gasteiger partial charge in [-0.25, -0.2) is 0 Å². The second-order valence-electron chi connectivity index (χ2n) is 5.92. The highest BCUT2D eigenvalue weighted by atomic mass is 15.1. The predicted molar refractivity (Wildman–Crippen MR) is 87.1 cm³/mol. The smallest absolute Gasteiger partial charge is 0.0236 e. The largest absolute Gasteiger partial charge is 0.317 e. The molecule has 0 fully saturated rings. The highest BCUT2D eigenvalue weighted by Crippen LogP contribution is 2.18. The van der Waals surface area contributed by atoms with Crippen molar-refractivity contribution < 1.29 is 0 Å². The van der Waals surface area contributed by atoms with Crippen molar-refractivity contribution in [2.75, 3.05) is 26.2 Å². The zero-order chi connectivity index (χ0) is 14.0. The molecule has 0 radical (unpaired) electrons. The Labute approximate surface area is 124 Å². The molecule has 0 unspecified atom stereocenters. The summed E-state index contributed by atoms with van der Waals surface area (Å²) in [5, 5.41) is 3.40. The van der Waals surface area contributed by atoms with Gasteiger partial charge in [0, 0.05) is 6.54 Å². The van der Waals surface area contributed by atoms with Crippen molar-refractivity contribution >= 4 is 0 Å². The van der Waals surface area contributed by atoms with Crippen molar-refractivity contribution in [2.24, 2.45) is 0 Å². The molecule has 0 saturated heterocycles. The SMILES string of the molecule is CCNCCCCCCN1CCCc2ccccc2C1. The van der Waals surface area contributed by atoms with E-state index in [9.17, 15) is 0 Å². The second-order valence-corrected chi connectivity index (χ2v) is 5.92. The van der Waals surface area contributed by atoms with Crippen LogP contribution in [0.2, 0.25) is 0 Å². The molecule has 0 amide bonds. The quantitative estimate of drug-likeness (QED) is 0.729. The van der Waals surface area contributed by atoms with Gasteiger partial charge in [0.15, 0.2) is 0 Å². The summed E-state index contributed by atoms with van der Waals surface area (Å²) in [7, 11) is 0. The first-order chi connectivity index (χ1) is 9.90. The van der Waals surface area contributed by atoms with Crippen LogP contribution in [0.4, 0.5) is 0 Å². The summed E-state index contributed by atoms with van der Waals surface area (Å²) in [5.41, 5.74) is 3.12. The fourth-order valence-corrected chi connectivity index (χ4v) is 3.08. The zero-order valence-corrected chi connectivity index (χ0v) is 13.0. The third-order valence-corrected chi connectivity index (χ3v) is 4.26. The molecule has 0 saturated carbocycles. The molecule has 0 atom stereocenters. The van der Waals surface area contributed by atoms with Crippen LogP contribution in [0, 0.1) is 0 Å². The molecule has 1 aromatic rings. The first-order valence-corrected chi connectivity index (χ1v) is 8.40. The fourth-order valence-electron chi connectivity index (χ4n) is 3.08. The van der Waals surface area contributed by atoms with Crippen LogP contribution in [0.3, 0.4) is 0 Å². The second kappa shape index (κ2) is 9.15. The average molecular weight is 274 g/mol. The molecule has 1 N–H and O–H groups in total. The summed E-state index contributed by atoms with van der Waals surface area (Å²) in [6, 6.07) is 8.98. The first-order valence-electron chi connectivity index (χ1n) is 8.40. The summed E-state index contributed by atoms with van der Waals surface area (Å²) in [5.74, 6) is 0. The van der Waals surface area contributed by atoms with Crippen molar-refractivity contribution in [3.63, 3.8) is 0 Å². The van der Waals surface area contributed by atoms with Gasteiger partial charge in [-0.3, -0.25) is 4.90 Å². The molecule has 0 bridgehead atoms. The average Bonchev–Trinajstić information content (AvgIpc) is 2.68. The van der Waals surface area contributed by atoms with Crippen LogP contribution in [0.5, 0.6) is 0 Å². The number of benzene rings is 1. The number of nitrogens with zero attached hydrogens (tertiary/aromatic N) is 1. The van der Waals surface area contributed by atoms with Crippen molar-refractivity contribution in [3.8, 4) is 0 Å². The van der Waals surface area contributed by atoms with E-state index in [0.717, 1.165) is 13.1 Å². The van der Waals surface area contributed by atoms with E-state index in [2.05, 4.69) is 41.4 Å². The van der Waals surface area contributed by atoms with Crippen LogP contribution in [-0.4, -0.2) is 31.1 Å². The van der Waals surface area contributed by atoms with Crippen LogP contribution in [-0.2, 0) is 13.0 Å². The standard InChI is InChI=1S/C18H30N2/c1-2-19-13-7-3-4-8-14-20-15-9-12-17-10-5-6-11-18(17)16-20/h5-6,10-11,19H,2-4,7-9,12-16H2,1H3. The highest BCUT2D eigenvalue weighted by Gasteiger charge is 2.12. The summed E-state index contributed by atoms with van der Waals surface area (Å²) >= 11 is 0. The van der Waals surface area contributed by atoms with Crippen molar-refractivity contribution in [1.82, 2.24) is 10.2 Å². The molecule has 1 aromatic carbocycles. The van der Waals surface area contributed by atoms with E-state index in [1.54, 1.807) is 11.1 Å². The Bertz CT molecular complexity index is 375. The molecule has 1 heterocycles. The van der Waals surface area contributed by atoms with Gasteiger partial charge in [0.2, 0.25) is 0 Å². The zero-order valence-electron chi connectivity index (χ0n) is 13.0. The van der Waals surface area contributed by atoms with Gasteiger partial charge in [-0.2, -0.15) is 0 Å². The van der Waals surface area contributed by atoms with Gasteiger partial charge < -0.3 is 5.32 Å². The van der Waals surface area contributed by atoms with Gasteiger partial charge >= 0.3 is 0 Å². The van der Waals surface area contributed by atoms with E-state index in [0.29, 0.717) is 0 Å². The molecule has 0 aromatic heterocycles. The van der Waals surface area contributed by atoms with Crippen LogP contribution in [0.25, 0.3) is 0 Å². The number of unbranched alkanes of at least 4 members (excludes halogenated alkanes) is 3. The fraction of sp³-hybridized carbons (Fsp3) is 0.667. The van der Waals surface area contributed by atoms with Gasteiger partial charge in [0.05, 0.1) is 0 Å². The van der Waals surface area contributed by atoms with E-state index < -0.39 is 0 Å². The maximum Gasteiger partial charge on any atom is 0.0236 e. The summed E-state index contributed by atoms with van der Waals surface area (Å²) < 4.78 is 0. The number of hydrogen-bond donors (Lipinski definition) is 1. The highest BCUT2D eigenvalue weighted by molar-refractivity contribution is 5.27. The maximum atomic E-state index is 3.40. The van der Waals surface area contributed by atoms with Gasteiger partial charge in [0.1, 0.15) is 0 Å². The van der Waals surface area contributed by atoms with Crippen LogP contribution >= 0.6 is 0 Å². The topological polar surface area (TPSA) is 15.3 Å². The number of aryl methyl sites for hydroxylation is 1. The van der Waals surface area contributed by atoms with E-state index in [1.165, 1.54) is 58.2 Å². The predicted octanol–water partition coefficient (Wildman–Crippen LogP) is 3.60. The Morgan fingerprint density at radius 3 is 2.70 bits per heavy atom. The lowest BCUT2D eigenvalue weighted by molar-refractivity contribution is 0.262. The lowest BCUT2D eigenvalue weighted by atomic mass is 10.0. The molecule has 0 spiro atoms. The minimum absolute atomic E-state index is 1.10. The van der Waals surface area contributed by atoms with Gasteiger partial charge in [-0.05, 0) is 63.0 Å². The molecular weight excluding hydrogens is 244 g/mol. The molecular formula is C18H30N2. The number of hydrogen-bond acceptors (Lipinski definition) is 2.